The van der Waals surface area contributed by atoms with E-state index in [1.165, 1.54) is 13.1 Å². The van der Waals surface area contributed by atoms with E-state index in [0.29, 0.717) is 17.2 Å². The van der Waals surface area contributed by atoms with Gasteiger partial charge in [0.05, 0.1) is 6.61 Å². The van der Waals surface area contributed by atoms with Crippen LogP contribution in [0.1, 0.15) is 29.8 Å². The Hall–Kier alpha value is -3.94. The normalized spacial score (nSPS) is 10.2. The van der Waals surface area contributed by atoms with Gasteiger partial charge in [0, 0.05) is 30.2 Å². The Balaban J connectivity index is 1.89. The highest BCUT2D eigenvalue weighted by Crippen LogP contribution is 2.23. The van der Waals surface area contributed by atoms with E-state index in [9.17, 15) is 9.59 Å². The van der Waals surface area contributed by atoms with Gasteiger partial charge in [0.15, 0.2) is 5.82 Å². The zero-order valence-corrected chi connectivity index (χ0v) is 17.0. The predicted octanol–water partition coefficient (Wildman–Crippen LogP) is 4.41. The van der Waals surface area contributed by atoms with Crippen LogP contribution in [0, 0.1) is 6.92 Å². The Bertz CT molecular complexity index is 1050. The van der Waals surface area contributed by atoms with Crippen molar-refractivity contribution < 1.29 is 14.3 Å². The molecule has 0 aliphatic carbocycles. The van der Waals surface area contributed by atoms with Crippen LogP contribution in [0.3, 0.4) is 0 Å². The molecule has 3 N–H and O–H groups in total. The molecule has 0 aliphatic heterocycles. The lowest BCUT2D eigenvalue weighted by atomic mass is 10.2. The summed E-state index contributed by atoms with van der Waals surface area (Å²) >= 11 is 0. The SMILES string of the molecule is CCOC(=O)c1cnc(Nc2cccc(NC(C)=O)c2)nc1Nc1ccc(C)cc1. The molecular formula is C22H23N5O3. The fourth-order valence-electron chi connectivity index (χ4n) is 2.68. The molecule has 0 saturated heterocycles. The van der Waals surface area contributed by atoms with Crippen LogP contribution in [0.5, 0.6) is 0 Å². The minimum atomic E-state index is -0.508. The van der Waals surface area contributed by atoms with Crippen LogP contribution in [-0.4, -0.2) is 28.5 Å². The summed E-state index contributed by atoms with van der Waals surface area (Å²) < 4.78 is 5.12. The Morgan fingerprint density at radius 3 is 2.43 bits per heavy atom. The topological polar surface area (TPSA) is 105 Å². The molecule has 1 heterocycles. The zero-order chi connectivity index (χ0) is 21.5. The van der Waals surface area contributed by atoms with E-state index in [1.807, 2.05) is 37.3 Å². The molecule has 0 saturated carbocycles. The maximum atomic E-state index is 12.3. The molecule has 1 aromatic heterocycles. The van der Waals surface area contributed by atoms with Crippen molar-refractivity contribution >= 4 is 40.7 Å². The standard InChI is InChI=1S/C22H23N5O3/c1-4-30-21(29)19-13-23-22(26-18-7-5-6-17(12-18)24-15(3)28)27-20(19)25-16-10-8-14(2)9-11-16/h5-13H,4H2,1-3H3,(H,24,28)(H2,23,25,26,27). The van der Waals surface area contributed by atoms with Crippen molar-refractivity contribution in [2.45, 2.75) is 20.8 Å². The first-order valence-electron chi connectivity index (χ1n) is 9.47. The third kappa shape index (κ3) is 5.54. The number of ether oxygens (including phenoxy) is 1. The molecule has 0 aliphatic rings. The number of anilines is 5. The highest BCUT2D eigenvalue weighted by molar-refractivity contribution is 5.95. The van der Waals surface area contributed by atoms with Crippen molar-refractivity contribution in [3.8, 4) is 0 Å². The summed E-state index contributed by atoms with van der Waals surface area (Å²) in [5.74, 6) is -0.0523. The van der Waals surface area contributed by atoms with Crippen LogP contribution in [0.15, 0.2) is 54.7 Å². The highest BCUT2D eigenvalue weighted by Gasteiger charge is 2.16. The van der Waals surface area contributed by atoms with Crippen LogP contribution in [-0.2, 0) is 9.53 Å². The monoisotopic (exact) mass is 405 g/mol. The number of esters is 1. The molecule has 3 aromatic rings. The highest BCUT2D eigenvalue weighted by atomic mass is 16.5. The van der Waals surface area contributed by atoms with Crippen LogP contribution in [0.4, 0.5) is 28.8 Å². The number of amides is 1. The summed E-state index contributed by atoms with van der Waals surface area (Å²) in [4.78, 5) is 32.3. The van der Waals surface area contributed by atoms with Gasteiger partial charge in [-0.15, -0.1) is 0 Å². The van der Waals surface area contributed by atoms with Gasteiger partial charge in [0.25, 0.3) is 0 Å². The zero-order valence-electron chi connectivity index (χ0n) is 17.0. The van der Waals surface area contributed by atoms with Crippen LogP contribution >= 0.6 is 0 Å². The number of carbonyl (C=O) groups is 2. The number of hydrogen-bond acceptors (Lipinski definition) is 7. The molecule has 8 heteroatoms. The summed E-state index contributed by atoms with van der Waals surface area (Å²) in [6, 6.07) is 14.9. The van der Waals surface area contributed by atoms with E-state index in [0.717, 1.165) is 11.3 Å². The van der Waals surface area contributed by atoms with Crippen molar-refractivity contribution in [3.05, 3.63) is 65.9 Å². The lowest BCUT2D eigenvalue weighted by Crippen LogP contribution is -2.11. The maximum Gasteiger partial charge on any atom is 0.343 e. The van der Waals surface area contributed by atoms with E-state index in [1.54, 1.807) is 25.1 Å². The molecule has 30 heavy (non-hydrogen) atoms. The van der Waals surface area contributed by atoms with Crippen molar-refractivity contribution in [2.24, 2.45) is 0 Å². The van der Waals surface area contributed by atoms with Crippen molar-refractivity contribution in [3.63, 3.8) is 0 Å². The molecule has 154 valence electrons. The number of benzene rings is 2. The van der Waals surface area contributed by atoms with Gasteiger partial charge in [-0.25, -0.2) is 9.78 Å². The second kappa shape index (κ2) is 9.51. The van der Waals surface area contributed by atoms with Crippen molar-refractivity contribution in [1.29, 1.82) is 0 Å². The van der Waals surface area contributed by atoms with E-state index >= 15 is 0 Å². The van der Waals surface area contributed by atoms with E-state index in [2.05, 4.69) is 25.9 Å². The summed E-state index contributed by atoms with van der Waals surface area (Å²) in [6.07, 6.45) is 1.42. The molecule has 0 unspecified atom stereocenters. The first kappa shape index (κ1) is 20.8. The average Bonchev–Trinajstić information content (AvgIpc) is 2.70. The fourth-order valence-corrected chi connectivity index (χ4v) is 2.68. The molecule has 8 nitrogen and oxygen atoms in total. The molecule has 3 rings (SSSR count). The molecule has 0 spiro atoms. The molecule has 0 radical (unpaired) electrons. The number of aromatic nitrogens is 2. The Kier molecular flexibility index (Phi) is 6.59. The second-order valence-electron chi connectivity index (χ2n) is 6.55. The third-order valence-electron chi connectivity index (χ3n) is 4.04. The first-order chi connectivity index (χ1) is 14.4. The molecule has 2 aromatic carbocycles. The Morgan fingerprint density at radius 2 is 1.73 bits per heavy atom. The predicted molar refractivity (Wildman–Crippen MR) is 116 cm³/mol. The van der Waals surface area contributed by atoms with Gasteiger partial charge in [-0.2, -0.15) is 4.98 Å². The number of nitrogens with zero attached hydrogens (tertiary/aromatic N) is 2. The van der Waals surface area contributed by atoms with Crippen molar-refractivity contribution in [1.82, 2.24) is 9.97 Å². The summed E-state index contributed by atoms with van der Waals surface area (Å²) in [5.41, 5.74) is 3.47. The summed E-state index contributed by atoms with van der Waals surface area (Å²) in [5, 5.41) is 8.96. The molecule has 0 atom stereocenters. The lowest BCUT2D eigenvalue weighted by Gasteiger charge is -2.13. The van der Waals surface area contributed by atoms with Crippen LogP contribution in [0.2, 0.25) is 0 Å². The Morgan fingerprint density at radius 1 is 1.00 bits per heavy atom. The largest absolute Gasteiger partial charge is 0.462 e. The van der Waals surface area contributed by atoms with Gasteiger partial charge in [0.1, 0.15) is 5.56 Å². The lowest BCUT2D eigenvalue weighted by molar-refractivity contribution is -0.114. The second-order valence-corrected chi connectivity index (χ2v) is 6.55. The summed E-state index contributed by atoms with van der Waals surface area (Å²) in [6.45, 7) is 5.43. The van der Waals surface area contributed by atoms with Gasteiger partial charge in [-0.05, 0) is 44.2 Å². The quantitative estimate of drug-likeness (QED) is 0.500. The van der Waals surface area contributed by atoms with Gasteiger partial charge in [-0.3, -0.25) is 4.79 Å². The molecular weight excluding hydrogens is 382 g/mol. The maximum absolute atomic E-state index is 12.3. The Labute approximate surface area is 174 Å². The first-order valence-corrected chi connectivity index (χ1v) is 9.47. The minimum Gasteiger partial charge on any atom is -0.462 e. The molecule has 0 bridgehead atoms. The number of nitrogens with one attached hydrogen (secondary N) is 3. The smallest absolute Gasteiger partial charge is 0.343 e. The van der Waals surface area contributed by atoms with Crippen LogP contribution in [0.25, 0.3) is 0 Å². The number of aryl methyl sites for hydroxylation is 1. The van der Waals surface area contributed by atoms with Crippen molar-refractivity contribution in [2.75, 3.05) is 22.6 Å². The van der Waals surface area contributed by atoms with Gasteiger partial charge in [0.2, 0.25) is 11.9 Å². The minimum absolute atomic E-state index is 0.160. The van der Waals surface area contributed by atoms with Crippen LogP contribution < -0.4 is 16.0 Å². The van der Waals surface area contributed by atoms with E-state index in [-0.39, 0.29) is 24.0 Å². The van der Waals surface area contributed by atoms with E-state index in [4.69, 9.17) is 4.74 Å². The third-order valence-corrected chi connectivity index (χ3v) is 4.04. The van der Waals surface area contributed by atoms with E-state index < -0.39 is 5.97 Å². The van der Waals surface area contributed by atoms with Gasteiger partial charge < -0.3 is 20.7 Å². The van der Waals surface area contributed by atoms with Gasteiger partial charge >= 0.3 is 5.97 Å². The number of carbonyl (C=O) groups excluding carboxylic acids is 2. The van der Waals surface area contributed by atoms with Gasteiger partial charge in [-0.1, -0.05) is 23.8 Å². The molecule has 0 fully saturated rings. The fraction of sp³-hybridized carbons (Fsp3) is 0.182. The number of hydrogen-bond donors (Lipinski definition) is 3. The number of rotatable bonds is 7. The molecule has 1 amide bonds. The summed E-state index contributed by atoms with van der Waals surface area (Å²) in [7, 11) is 0. The average molecular weight is 405 g/mol.